The van der Waals surface area contributed by atoms with Gasteiger partial charge in [0.1, 0.15) is 24.3 Å². The van der Waals surface area contributed by atoms with Crippen LogP contribution in [0.5, 0.6) is 0 Å². The fourth-order valence-corrected chi connectivity index (χ4v) is 2.98. The molecule has 0 saturated carbocycles. The molecule has 0 radical (unpaired) electrons. The quantitative estimate of drug-likeness (QED) is 0.812. The third-order valence-electron chi connectivity index (χ3n) is 4.28. The summed E-state index contributed by atoms with van der Waals surface area (Å²) in [6.45, 7) is 2.86. The highest BCUT2D eigenvalue weighted by atomic mass is 19.1. The van der Waals surface area contributed by atoms with Crippen LogP contribution in [0, 0.1) is 11.6 Å². The molecule has 2 unspecified atom stereocenters. The van der Waals surface area contributed by atoms with Gasteiger partial charge in [-0.15, -0.1) is 0 Å². The van der Waals surface area contributed by atoms with E-state index in [1.165, 1.54) is 12.4 Å². The average Bonchev–Trinajstić information content (AvgIpc) is 3.09. The first-order chi connectivity index (χ1) is 11.6. The van der Waals surface area contributed by atoms with Crippen molar-refractivity contribution in [2.45, 2.75) is 51.0 Å². The van der Waals surface area contributed by atoms with Crippen molar-refractivity contribution in [3.63, 3.8) is 0 Å². The number of ether oxygens (including phenoxy) is 2. The second-order valence-electron chi connectivity index (χ2n) is 6.03. The van der Waals surface area contributed by atoms with Crippen LogP contribution in [0.15, 0.2) is 30.9 Å². The SMILES string of the molecule is C[C@@H](OC1CCCCO1)C(Cn1cncn1)c1cc(F)ccc1F. The first kappa shape index (κ1) is 17.0. The molecule has 1 aromatic heterocycles. The summed E-state index contributed by atoms with van der Waals surface area (Å²) < 4.78 is 41.1. The molecule has 1 aliphatic heterocycles. The van der Waals surface area contributed by atoms with Crippen LogP contribution < -0.4 is 0 Å². The number of hydrogen-bond acceptors (Lipinski definition) is 4. The van der Waals surface area contributed by atoms with Gasteiger partial charge in [0.25, 0.3) is 0 Å². The van der Waals surface area contributed by atoms with E-state index in [2.05, 4.69) is 10.1 Å². The highest BCUT2D eigenvalue weighted by molar-refractivity contribution is 5.24. The van der Waals surface area contributed by atoms with Crippen LogP contribution in [0.25, 0.3) is 0 Å². The summed E-state index contributed by atoms with van der Waals surface area (Å²) in [7, 11) is 0. The molecule has 0 spiro atoms. The fourth-order valence-electron chi connectivity index (χ4n) is 2.98. The third-order valence-corrected chi connectivity index (χ3v) is 4.28. The summed E-state index contributed by atoms with van der Waals surface area (Å²) in [4.78, 5) is 3.90. The Morgan fingerprint density at radius 2 is 2.25 bits per heavy atom. The van der Waals surface area contributed by atoms with Crippen molar-refractivity contribution in [1.29, 1.82) is 0 Å². The lowest BCUT2D eigenvalue weighted by atomic mass is 9.93. The van der Waals surface area contributed by atoms with Crippen LogP contribution in [0.3, 0.4) is 0 Å². The summed E-state index contributed by atoms with van der Waals surface area (Å²) in [6.07, 6.45) is 5.17. The zero-order chi connectivity index (χ0) is 16.9. The summed E-state index contributed by atoms with van der Waals surface area (Å²) in [6, 6.07) is 3.47. The Morgan fingerprint density at radius 1 is 1.38 bits per heavy atom. The predicted octanol–water partition coefficient (Wildman–Crippen LogP) is 3.27. The van der Waals surface area contributed by atoms with Gasteiger partial charge in [0.15, 0.2) is 6.29 Å². The van der Waals surface area contributed by atoms with E-state index >= 15 is 0 Å². The Hall–Kier alpha value is -1.86. The van der Waals surface area contributed by atoms with E-state index in [1.54, 1.807) is 11.0 Å². The van der Waals surface area contributed by atoms with Crippen molar-refractivity contribution in [2.24, 2.45) is 0 Å². The first-order valence-electron chi connectivity index (χ1n) is 8.18. The molecule has 0 aliphatic carbocycles. The Morgan fingerprint density at radius 3 is 2.96 bits per heavy atom. The maximum absolute atomic E-state index is 14.3. The molecule has 1 aromatic carbocycles. The molecule has 0 bridgehead atoms. The molecule has 1 saturated heterocycles. The van der Waals surface area contributed by atoms with E-state index in [-0.39, 0.29) is 18.0 Å². The van der Waals surface area contributed by atoms with Crippen molar-refractivity contribution in [3.05, 3.63) is 48.1 Å². The first-order valence-corrected chi connectivity index (χ1v) is 8.18. The highest BCUT2D eigenvalue weighted by Gasteiger charge is 2.28. The monoisotopic (exact) mass is 337 g/mol. The number of rotatable bonds is 6. The van der Waals surface area contributed by atoms with Crippen LogP contribution in [0.4, 0.5) is 8.78 Å². The van der Waals surface area contributed by atoms with Gasteiger partial charge < -0.3 is 9.47 Å². The van der Waals surface area contributed by atoms with Gasteiger partial charge in [0.2, 0.25) is 0 Å². The summed E-state index contributed by atoms with van der Waals surface area (Å²) in [5.74, 6) is -1.34. The lowest BCUT2D eigenvalue weighted by Gasteiger charge is -2.30. The lowest BCUT2D eigenvalue weighted by Crippen LogP contribution is -2.32. The molecular formula is C17H21F2N3O2. The molecule has 0 amide bonds. The standard InChI is InChI=1S/C17H21F2N3O2/c1-12(24-17-4-2-3-7-23-17)15(9-22-11-20-10-21-22)14-8-13(18)5-6-16(14)19/h5-6,8,10-12,15,17H,2-4,7,9H2,1H3/t12-,15?,17?/m1/s1. The molecule has 2 aromatic rings. The van der Waals surface area contributed by atoms with Crippen molar-refractivity contribution in [3.8, 4) is 0 Å². The smallest absolute Gasteiger partial charge is 0.157 e. The minimum atomic E-state index is -0.476. The van der Waals surface area contributed by atoms with Crippen molar-refractivity contribution < 1.29 is 18.3 Å². The zero-order valence-electron chi connectivity index (χ0n) is 13.6. The van der Waals surface area contributed by atoms with E-state index in [0.717, 1.165) is 31.4 Å². The Kier molecular flexibility index (Phi) is 5.52. The van der Waals surface area contributed by atoms with Crippen LogP contribution in [-0.2, 0) is 16.0 Å². The molecular weight excluding hydrogens is 316 g/mol. The van der Waals surface area contributed by atoms with Crippen molar-refractivity contribution in [1.82, 2.24) is 14.8 Å². The van der Waals surface area contributed by atoms with Crippen LogP contribution in [0.1, 0.15) is 37.7 Å². The zero-order valence-corrected chi connectivity index (χ0v) is 13.6. The predicted molar refractivity (Wildman–Crippen MR) is 83.3 cm³/mol. The molecule has 0 N–H and O–H groups in total. The van der Waals surface area contributed by atoms with Crippen molar-refractivity contribution >= 4 is 0 Å². The summed E-state index contributed by atoms with van der Waals surface area (Å²) >= 11 is 0. The number of nitrogens with zero attached hydrogens (tertiary/aromatic N) is 3. The Balaban J connectivity index is 1.81. The van der Waals surface area contributed by atoms with Crippen LogP contribution in [0.2, 0.25) is 0 Å². The summed E-state index contributed by atoms with van der Waals surface area (Å²) in [5, 5.41) is 4.07. The van der Waals surface area contributed by atoms with Crippen molar-refractivity contribution in [2.75, 3.05) is 6.61 Å². The summed E-state index contributed by atoms with van der Waals surface area (Å²) in [5.41, 5.74) is 0.272. The number of halogens is 2. The van der Waals surface area contributed by atoms with Crippen LogP contribution in [-0.4, -0.2) is 33.8 Å². The largest absolute Gasteiger partial charge is 0.353 e. The van der Waals surface area contributed by atoms with Gasteiger partial charge >= 0.3 is 0 Å². The second-order valence-corrected chi connectivity index (χ2v) is 6.03. The van der Waals surface area contributed by atoms with Gasteiger partial charge in [0, 0.05) is 12.5 Å². The van der Waals surface area contributed by atoms with Gasteiger partial charge in [-0.1, -0.05) is 0 Å². The average molecular weight is 337 g/mol. The molecule has 2 heterocycles. The van der Waals surface area contributed by atoms with Gasteiger partial charge in [-0.25, -0.2) is 13.8 Å². The Labute approximate surface area is 139 Å². The van der Waals surface area contributed by atoms with E-state index in [4.69, 9.17) is 9.47 Å². The van der Waals surface area contributed by atoms with E-state index < -0.39 is 17.6 Å². The lowest BCUT2D eigenvalue weighted by molar-refractivity contribution is -0.189. The molecule has 3 atom stereocenters. The van der Waals surface area contributed by atoms with E-state index in [9.17, 15) is 8.78 Å². The number of aromatic nitrogens is 3. The highest BCUT2D eigenvalue weighted by Crippen LogP contribution is 2.29. The molecule has 7 heteroatoms. The van der Waals surface area contributed by atoms with Crippen LogP contribution >= 0.6 is 0 Å². The minimum Gasteiger partial charge on any atom is -0.353 e. The fraction of sp³-hybridized carbons (Fsp3) is 0.529. The molecule has 1 aliphatic rings. The minimum absolute atomic E-state index is 0.272. The molecule has 130 valence electrons. The third kappa shape index (κ3) is 4.15. The van der Waals surface area contributed by atoms with Gasteiger partial charge in [-0.05, 0) is 49.9 Å². The molecule has 1 fully saturated rings. The number of benzene rings is 1. The maximum Gasteiger partial charge on any atom is 0.157 e. The topological polar surface area (TPSA) is 49.2 Å². The van der Waals surface area contributed by atoms with E-state index in [1.807, 2.05) is 6.92 Å². The van der Waals surface area contributed by atoms with Gasteiger partial charge in [-0.2, -0.15) is 5.10 Å². The normalized spacial score (nSPS) is 20.7. The van der Waals surface area contributed by atoms with Gasteiger partial charge in [0.05, 0.1) is 12.6 Å². The van der Waals surface area contributed by atoms with Gasteiger partial charge in [-0.3, -0.25) is 4.68 Å². The molecule has 5 nitrogen and oxygen atoms in total. The Bertz CT molecular complexity index is 645. The second kappa shape index (κ2) is 7.81. The van der Waals surface area contributed by atoms with E-state index in [0.29, 0.717) is 13.2 Å². The maximum atomic E-state index is 14.3. The molecule has 3 rings (SSSR count). The number of hydrogen-bond donors (Lipinski definition) is 0. The molecule has 24 heavy (non-hydrogen) atoms.